The fraction of sp³-hybridized carbons (Fsp3) is 0.280. The third-order valence-electron chi connectivity index (χ3n) is 5.74. The van der Waals surface area contributed by atoms with E-state index in [4.69, 9.17) is 19.4 Å². The highest BCUT2D eigenvalue weighted by Crippen LogP contribution is 2.30. The lowest BCUT2D eigenvalue weighted by Crippen LogP contribution is -2.38. The predicted molar refractivity (Wildman–Crippen MR) is 127 cm³/mol. The first-order valence-corrected chi connectivity index (χ1v) is 11.3. The van der Waals surface area contributed by atoms with Gasteiger partial charge in [0, 0.05) is 49.9 Å². The van der Waals surface area contributed by atoms with Crippen LogP contribution in [0.3, 0.4) is 0 Å². The van der Waals surface area contributed by atoms with Gasteiger partial charge in [-0.25, -0.2) is 9.59 Å². The summed E-state index contributed by atoms with van der Waals surface area (Å²) in [5.74, 6) is -0.432. The molecule has 3 aliphatic rings. The summed E-state index contributed by atoms with van der Waals surface area (Å²) in [7, 11) is 0. The average molecular weight is 479 g/mol. The lowest BCUT2D eigenvalue weighted by atomic mass is 10.1. The molecular weight excluding hydrogens is 452 g/mol. The number of carboxylic acids is 2. The normalized spacial score (nSPS) is 19.0. The van der Waals surface area contributed by atoms with Crippen LogP contribution in [0.4, 0.5) is 6.01 Å². The lowest BCUT2D eigenvalue weighted by molar-refractivity contribution is -0.134. The molecule has 6 rings (SSSR count). The number of hydrogen-bond acceptors (Lipinski definition) is 8. The summed E-state index contributed by atoms with van der Waals surface area (Å²) in [5.41, 5.74) is 0.866. The standard InChI is InChI=1S/C21H22N4O2.C4H4O4/c1-2-6-18(7-3-1)26-19-8-4-5-16(15-19)20-22-23-21(27-20)25-14-13-24-11-9-17(25)10-12-24;5-3(6)1-2-4(7)8/h1-8,15,17H,9-14H2;1-2H,(H,5,6)(H,7,8)/b;2-1+. The third kappa shape index (κ3) is 6.67. The van der Waals surface area contributed by atoms with Gasteiger partial charge >= 0.3 is 18.0 Å². The number of nitrogens with zero attached hydrogens (tertiary/aromatic N) is 4. The Labute approximate surface area is 202 Å². The number of carboxylic acid groups (broad SMARTS) is 2. The van der Waals surface area contributed by atoms with E-state index in [1.165, 1.54) is 13.1 Å². The highest BCUT2D eigenvalue weighted by Gasteiger charge is 2.31. The molecule has 2 bridgehead atoms. The zero-order valence-electron chi connectivity index (χ0n) is 19.0. The monoisotopic (exact) mass is 478 g/mol. The summed E-state index contributed by atoms with van der Waals surface area (Å²) >= 11 is 0. The van der Waals surface area contributed by atoms with Crippen molar-refractivity contribution in [3.8, 4) is 23.0 Å². The van der Waals surface area contributed by atoms with Crippen molar-refractivity contribution >= 4 is 18.0 Å². The molecule has 4 heterocycles. The summed E-state index contributed by atoms with van der Waals surface area (Å²) in [6.07, 6.45) is 3.45. The van der Waals surface area contributed by atoms with E-state index in [1.54, 1.807) is 0 Å². The molecule has 35 heavy (non-hydrogen) atoms. The van der Waals surface area contributed by atoms with Gasteiger partial charge in [-0.3, -0.25) is 0 Å². The van der Waals surface area contributed by atoms with Crippen LogP contribution in [0.1, 0.15) is 12.8 Å². The number of fused-ring (bicyclic) bond motifs is 4. The lowest BCUT2D eigenvalue weighted by Gasteiger charge is -2.29. The number of hydrogen-bond donors (Lipinski definition) is 2. The van der Waals surface area contributed by atoms with Crippen LogP contribution in [0.25, 0.3) is 11.5 Å². The van der Waals surface area contributed by atoms with Crippen LogP contribution in [-0.2, 0) is 9.59 Å². The van der Waals surface area contributed by atoms with Crippen molar-refractivity contribution in [2.45, 2.75) is 18.9 Å². The fourth-order valence-corrected chi connectivity index (χ4v) is 4.05. The summed E-state index contributed by atoms with van der Waals surface area (Å²) in [6, 6.07) is 18.6. The zero-order valence-corrected chi connectivity index (χ0v) is 19.0. The summed E-state index contributed by atoms with van der Waals surface area (Å²) < 4.78 is 12.0. The van der Waals surface area contributed by atoms with Crippen molar-refractivity contribution in [3.05, 3.63) is 66.7 Å². The van der Waals surface area contributed by atoms with E-state index in [2.05, 4.69) is 20.0 Å². The summed E-state index contributed by atoms with van der Waals surface area (Å²) in [6.45, 7) is 4.35. The second-order valence-corrected chi connectivity index (χ2v) is 8.11. The molecule has 3 aliphatic heterocycles. The second-order valence-electron chi connectivity index (χ2n) is 8.11. The molecule has 3 aromatic rings. The molecule has 3 saturated heterocycles. The van der Waals surface area contributed by atoms with Crippen LogP contribution in [-0.4, -0.2) is 69.5 Å². The van der Waals surface area contributed by atoms with Crippen LogP contribution in [0.2, 0.25) is 0 Å². The Morgan fingerprint density at radius 1 is 0.886 bits per heavy atom. The number of ether oxygens (including phenoxy) is 1. The maximum absolute atomic E-state index is 9.55. The molecule has 0 spiro atoms. The van der Waals surface area contributed by atoms with Crippen molar-refractivity contribution in [1.82, 2.24) is 15.1 Å². The van der Waals surface area contributed by atoms with Crippen molar-refractivity contribution in [1.29, 1.82) is 0 Å². The van der Waals surface area contributed by atoms with Crippen LogP contribution < -0.4 is 9.64 Å². The zero-order chi connectivity index (χ0) is 24.6. The molecule has 3 fully saturated rings. The van der Waals surface area contributed by atoms with Crippen molar-refractivity contribution < 1.29 is 29.0 Å². The van der Waals surface area contributed by atoms with Gasteiger partial charge in [-0.1, -0.05) is 29.4 Å². The van der Waals surface area contributed by atoms with Gasteiger partial charge in [0.25, 0.3) is 0 Å². The maximum Gasteiger partial charge on any atom is 0.328 e. The number of rotatable bonds is 6. The maximum atomic E-state index is 9.55. The van der Waals surface area contributed by atoms with Gasteiger partial charge in [-0.05, 0) is 43.2 Å². The molecule has 10 nitrogen and oxygen atoms in total. The first-order chi connectivity index (χ1) is 17.0. The number of carbonyl (C=O) groups is 2. The minimum Gasteiger partial charge on any atom is -0.478 e. The van der Waals surface area contributed by atoms with Crippen molar-refractivity contribution in [2.24, 2.45) is 0 Å². The van der Waals surface area contributed by atoms with E-state index in [0.29, 0.717) is 30.1 Å². The predicted octanol–water partition coefficient (Wildman–Crippen LogP) is 3.53. The average Bonchev–Trinajstić information content (AvgIpc) is 3.16. The summed E-state index contributed by atoms with van der Waals surface area (Å²) in [4.78, 5) is 23.9. The number of piperidine rings is 1. The molecule has 0 aliphatic carbocycles. The van der Waals surface area contributed by atoms with Gasteiger partial charge < -0.3 is 29.2 Å². The molecule has 1 aromatic heterocycles. The molecule has 0 radical (unpaired) electrons. The van der Waals surface area contributed by atoms with Crippen LogP contribution in [0.15, 0.2) is 71.2 Å². The minimum atomic E-state index is -1.26. The number of aromatic nitrogens is 2. The van der Waals surface area contributed by atoms with Crippen LogP contribution in [0.5, 0.6) is 11.5 Å². The molecule has 0 amide bonds. The molecule has 0 saturated carbocycles. The van der Waals surface area contributed by atoms with Gasteiger partial charge in [0.15, 0.2) is 0 Å². The Bertz CT molecular complexity index is 1160. The SMILES string of the molecule is O=C(O)/C=C/C(=O)O.c1ccc(Oc2cccc(-c3nnc(N4CCN5CCC4CC5)o3)c2)cc1. The molecule has 2 aromatic carbocycles. The van der Waals surface area contributed by atoms with Crippen LogP contribution in [0, 0.1) is 0 Å². The Hall–Kier alpha value is -4.18. The van der Waals surface area contributed by atoms with E-state index in [0.717, 1.165) is 43.0 Å². The Morgan fingerprint density at radius 3 is 2.26 bits per heavy atom. The van der Waals surface area contributed by atoms with Crippen LogP contribution >= 0.6 is 0 Å². The van der Waals surface area contributed by atoms with Gasteiger partial charge in [-0.2, -0.15) is 0 Å². The quantitative estimate of drug-likeness (QED) is 0.508. The molecule has 2 N–H and O–H groups in total. The first-order valence-electron chi connectivity index (χ1n) is 11.3. The number of anilines is 1. The Kier molecular flexibility index (Phi) is 7.74. The van der Waals surface area contributed by atoms with E-state index < -0.39 is 11.9 Å². The third-order valence-corrected chi connectivity index (χ3v) is 5.74. The van der Waals surface area contributed by atoms with Crippen molar-refractivity contribution in [2.75, 3.05) is 31.1 Å². The number of aliphatic carboxylic acids is 2. The van der Waals surface area contributed by atoms with E-state index in [-0.39, 0.29) is 0 Å². The van der Waals surface area contributed by atoms with Gasteiger partial charge in [0.1, 0.15) is 11.5 Å². The molecule has 0 unspecified atom stereocenters. The Morgan fingerprint density at radius 2 is 1.57 bits per heavy atom. The molecular formula is C25H26N4O6. The molecule has 0 atom stereocenters. The highest BCUT2D eigenvalue weighted by molar-refractivity contribution is 5.89. The molecule has 182 valence electrons. The van der Waals surface area contributed by atoms with Gasteiger partial charge in [-0.15, -0.1) is 5.10 Å². The largest absolute Gasteiger partial charge is 0.478 e. The van der Waals surface area contributed by atoms with Gasteiger partial charge in [0.05, 0.1) is 0 Å². The smallest absolute Gasteiger partial charge is 0.328 e. The first kappa shape index (κ1) is 24.0. The van der Waals surface area contributed by atoms with E-state index in [1.807, 2.05) is 54.6 Å². The summed E-state index contributed by atoms with van der Waals surface area (Å²) in [5, 5.41) is 24.3. The number of para-hydroxylation sites is 1. The highest BCUT2D eigenvalue weighted by atomic mass is 16.5. The molecule has 10 heteroatoms. The second kappa shape index (κ2) is 11.3. The Balaban J connectivity index is 0.000000314. The fourth-order valence-electron chi connectivity index (χ4n) is 4.05. The van der Waals surface area contributed by atoms with E-state index in [9.17, 15) is 9.59 Å². The topological polar surface area (TPSA) is 129 Å². The van der Waals surface area contributed by atoms with E-state index >= 15 is 0 Å². The van der Waals surface area contributed by atoms with Gasteiger partial charge in [0.2, 0.25) is 5.89 Å². The number of benzene rings is 2. The van der Waals surface area contributed by atoms with Crippen molar-refractivity contribution in [3.63, 3.8) is 0 Å². The minimum absolute atomic E-state index is 0.504.